The normalized spacial score (nSPS) is 8.70. The standard InChI is InChI=1S/C6H5N3O/c7-3-4-1-5(8)9-6(10)2-4/h1-2H,(H3,8,9,10). The van der Waals surface area contributed by atoms with Crippen molar-refractivity contribution in [3.63, 3.8) is 0 Å². The highest BCUT2D eigenvalue weighted by Gasteiger charge is 1.92. The van der Waals surface area contributed by atoms with E-state index in [1.807, 2.05) is 6.07 Å². The number of rotatable bonds is 0. The van der Waals surface area contributed by atoms with Crippen molar-refractivity contribution >= 4 is 5.82 Å². The molecule has 0 aromatic carbocycles. The Morgan fingerprint density at radius 2 is 2.30 bits per heavy atom. The Bertz CT molecular complexity index is 334. The topological polar surface area (TPSA) is 82.7 Å². The molecule has 50 valence electrons. The minimum atomic E-state index is -0.350. The number of nitrogens with one attached hydrogen (secondary N) is 1. The van der Waals surface area contributed by atoms with Gasteiger partial charge >= 0.3 is 0 Å². The van der Waals surface area contributed by atoms with Crippen LogP contribution in [-0.2, 0) is 0 Å². The molecule has 0 fully saturated rings. The lowest BCUT2D eigenvalue weighted by molar-refractivity contribution is 1.24. The second-order valence-electron chi connectivity index (χ2n) is 1.80. The predicted molar refractivity (Wildman–Crippen MR) is 36.2 cm³/mol. The molecule has 0 radical (unpaired) electrons. The van der Waals surface area contributed by atoms with Crippen molar-refractivity contribution in [2.45, 2.75) is 0 Å². The van der Waals surface area contributed by atoms with Crippen molar-refractivity contribution in [1.29, 1.82) is 5.26 Å². The molecule has 4 heteroatoms. The average Bonchev–Trinajstić information content (AvgIpc) is 1.85. The number of nitrogen functional groups attached to an aromatic ring is 1. The van der Waals surface area contributed by atoms with Gasteiger partial charge in [-0.2, -0.15) is 5.26 Å². The number of H-pyrrole nitrogens is 1. The average molecular weight is 135 g/mol. The number of nitriles is 1. The van der Waals surface area contributed by atoms with Gasteiger partial charge in [0.05, 0.1) is 11.6 Å². The number of hydrogen-bond acceptors (Lipinski definition) is 3. The lowest BCUT2D eigenvalue weighted by Gasteiger charge is -1.90. The number of nitrogens with two attached hydrogens (primary N) is 1. The fourth-order valence-electron chi connectivity index (χ4n) is 0.629. The van der Waals surface area contributed by atoms with Crippen LogP contribution in [0.1, 0.15) is 5.56 Å². The molecule has 0 aliphatic rings. The summed E-state index contributed by atoms with van der Waals surface area (Å²) in [5.41, 5.74) is 5.16. The summed E-state index contributed by atoms with van der Waals surface area (Å²) in [6.45, 7) is 0. The zero-order chi connectivity index (χ0) is 7.56. The lowest BCUT2D eigenvalue weighted by Crippen LogP contribution is -2.07. The van der Waals surface area contributed by atoms with Crippen LogP contribution in [0.15, 0.2) is 16.9 Å². The smallest absolute Gasteiger partial charge is 0.250 e. The van der Waals surface area contributed by atoms with E-state index in [9.17, 15) is 4.79 Å². The van der Waals surface area contributed by atoms with Crippen molar-refractivity contribution in [3.05, 3.63) is 28.0 Å². The molecule has 1 rings (SSSR count). The van der Waals surface area contributed by atoms with Crippen LogP contribution in [0.25, 0.3) is 0 Å². The summed E-state index contributed by atoms with van der Waals surface area (Å²) < 4.78 is 0. The van der Waals surface area contributed by atoms with Gasteiger partial charge in [0.2, 0.25) is 0 Å². The summed E-state index contributed by atoms with van der Waals surface area (Å²) in [6.07, 6.45) is 0. The Balaban J connectivity index is 3.36. The Morgan fingerprint density at radius 3 is 2.80 bits per heavy atom. The van der Waals surface area contributed by atoms with E-state index in [1.165, 1.54) is 12.1 Å². The number of aromatic nitrogens is 1. The molecule has 0 bridgehead atoms. The third-order valence-corrected chi connectivity index (χ3v) is 0.994. The zero-order valence-corrected chi connectivity index (χ0v) is 5.09. The molecular formula is C6H5N3O. The summed E-state index contributed by atoms with van der Waals surface area (Å²) in [7, 11) is 0. The van der Waals surface area contributed by atoms with Crippen LogP contribution >= 0.6 is 0 Å². The van der Waals surface area contributed by atoms with E-state index in [0.717, 1.165) is 0 Å². The maximum atomic E-state index is 10.6. The summed E-state index contributed by atoms with van der Waals surface area (Å²) in [6, 6.07) is 4.40. The molecule has 0 saturated carbocycles. The summed E-state index contributed by atoms with van der Waals surface area (Å²) in [5.74, 6) is 0.212. The monoisotopic (exact) mass is 135 g/mol. The van der Waals surface area contributed by atoms with Crippen LogP contribution in [0.3, 0.4) is 0 Å². The first-order chi connectivity index (χ1) is 4.72. The Labute approximate surface area is 56.9 Å². The molecule has 4 nitrogen and oxygen atoms in total. The molecule has 1 aromatic heterocycles. The third-order valence-electron chi connectivity index (χ3n) is 0.994. The first-order valence-electron chi connectivity index (χ1n) is 2.62. The second-order valence-corrected chi connectivity index (χ2v) is 1.80. The van der Waals surface area contributed by atoms with E-state index in [2.05, 4.69) is 4.98 Å². The van der Waals surface area contributed by atoms with Crippen molar-refractivity contribution in [2.24, 2.45) is 0 Å². The van der Waals surface area contributed by atoms with Crippen LogP contribution < -0.4 is 11.3 Å². The highest BCUT2D eigenvalue weighted by Crippen LogP contribution is 1.95. The molecular weight excluding hydrogens is 130 g/mol. The highest BCUT2D eigenvalue weighted by molar-refractivity contribution is 5.38. The first-order valence-corrected chi connectivity index (χ1v) is 2.62. The lowest BCUT2D eigenvalue weighted by atomic mass is 10.3. The van der Waals surface area contributed by atoms with Crippen LogP contribution in [0.2, 0.25) is 0 Å². The van der Waals surface area contributed by atoms with Crippen molar-refractivity contribution in [3.8, 4) is 6.07 Å². The van der Waals surface area contributed by atoms with Crippen LogP contribution in [0.4, 0.5) is 5.82 Å². The van der Waals surface area contributed by atoms with Gasteiger partial charge in [-0.1, -0.05) is 0 Å². The fourth-order valence-corrected chi connectivity index (χ4v) is 0.629. The second kappa shape index (κ2) is 2.23. The third kappa shape index (κ3) is 1.14. The molecule has 0 amide bonds. The van der Waals surface area contributed by atoms with Gasteiger partial charge in [-0.15, -0.1) is 0 Å². The van der Waals surface area contributed by atoms with Gasteiger partial charge < -0.3 is 10.7 Å². The fraction of sp³-hybridized carbons (Fsp3) is 0. The zero-order valence-electron chi connectivity index (χ0n) is 5.09. The molecule has 10 heavy (non-hydrogen) atoms. The molecule has 0 atom stereocenters. The summed E-state index contributed by atoms with van der Waals surface area (Å²) in [4.78, 5) is 12.9. The molecule has 1 aromatic rings. The molecule has 3 N–H and O–H groups in total. The summed E-state index contributed by atoms with van der Waals surface area (Å²) >= 11 is 0. The molecule has 0 aliphatic heterocycles. The van der Waals surface area contributed by atoms with Crippen molar-refractivity contribution < 1.29 is 0 Å². The Morgan fingerprint density at radius 1 is 1.60 bits per heavy atom. The number of anilines is 1. The summed E-state index contributed by atoms with van der Waals surface area (Å²) in [5, 5.41) is 8.33. The quantitative estimate of drug-likeness (QED) is 0.518. The van der Waals surface area contributed by atoms with E-state index in [-0.39, 0.29) is 16.9 Å². The SMILES string of the molecule is N#Cc1cc(N)[nH]c(=O)c1. The van der Waals surface area contributed by atoms with Gasteiger partial charge in [0.15, 0.2) is 0 Å². The Kier molecular flexibility index (Phi) is 1.42. The van der Waals surface area contributed by atoms with E-state index in [0.29, 0.717) is 0 Å². The highest BCUT2D eigenvalue weighted by atomic mass is 16.1. The van der Waals surface area contributed by atoms with Gasteiger partial charge in [0, 0.05) is 6.07 Å². The molecule has 0 saturated heterocycles. The number of pyridine rings is 1. The first kappa shape index (κ1) is 6.36. The predicted octanol–water partition coefficient (Wildman–Crippen LogP) is -0.171. The Hall–Kier alpha value is -1.76. The van der Waals surface area contributed by atoms with E-state index >= 15 is 0 Å². The van der Waals surface area contributed by atoms with Crippen molar-refractivity contribution in [2.75, 3.05) is 5.73 Å². The molecule has 0 aliphatic carbocycles. The van der Waals surface area contributed by atoms with E-state index in [1.54, 1.807) is 0 Å². The number of aromatic amines is 1. The van der Waals surface area contributed by atoms with Gasteiger partial charge in [-0.25, -0.2) is 0 Å². The minimum absolute atomic E-state index is 0.212. The van der Waals surface area contributed by atoms with E-state index < -0.39 is 0 Å². The van der Waals surface area contributed by atoms with Gasteiger partial charge in [-0.05, 0) is 6.07 Å². The van der Waals surface area contributed by atoms with Gasteiger partial charge in [0.25, 0.3) is 5.56 Å². The van der Waals surface area contributed by atoms with Crippen LogP contribution in [-0.4, -0.2) is 4.98 Å². The molecule has 0 unspecified atom stereocenters. The van der Waals surface area contributed by atoms with E-state index in [4.69, 9.17) is 11.0 Å². The number of hydrogen-bond donors (Lipinski definition) is 2. The largest absolute Gasteiger partial charge is 0.385 e. The molecule has 0 spiro atoms. The van der Waals surface area contributed by atoms with Gasteiger partial charge in [0.1, 0.15) is 5.82 Å². The van der Waals surface area contributed by atoms with Crippen LogP contribution in [0, 0.1) is 11.3 Å². The van der Waals surface area contributed by atoms with Gasteiger partial charge in [-0.3, -0.25) is 4.79 Å². The van der Waals surface area contributed by atoms with Crippen LogP contribution in [0.5, 0.6) is 0 Å². The molecule has 1 heterocycles. The van der Waals surface area contributed by atoms with Crippen molar-refractivity contribution in [1.82, 2.24) is 4.98 Å². The maximum absolute atomic E-state index is 10.6. The number of nitrogens with zero attached hydrogens (tertiary/aromatic N) is 1. The maximum Gasteiger partial charge on any atom is 0.250 e. The minimum Gasteiger partial charge on any atom is -0.385 e.